The summed E-state index contributed by atoms with van der Waals surface area (Å²) in [7, 11) is 1.53. The molecule has 1 aromatic rings. The number of hydrogen-bond acceptors (Lipinski definition) is 4. The fourth-order valence-corrected chi connectivity index (χ4v) is 1.77. The zero-order valence-electron chi connectivity index (χ0n) is 11.0. The highest BCUT2D eigenvalue weighted by atomic mass is 79.9. The average molecular weight is 316 g/mol. The molecule has 0 aliphatic carbocycles. The van der Waals surface area contributed by atoms with Gasteiger partial charge in [0, 0.05) is 10.0 Å². The molecule has 0 aliphatic rings. The molecule has 0 radical (unpaired) electrons. The van der Waals surface area contributed by atoms with E-state index in [1.807, 2.05) is 6.07 Å². The van der Waals surface area contributed by atoms with Crippen LogP contribution in [0.2, 0.25) is 0 Å². The second-order valence-corrected chi connectivity index (χ2v) is 5.81. The topological polar surface area (TPSA) is 61.5 Å². The highest BCUT2D eigenvalue weighted by Gasteiger charge is 2.25. The summed E-state index contributed by atoms with van der Waals surface area (Å²) in [5.41, 5.74) is 5.95. The van der Waals surface area contributed by atoms with Gasteiger partial charge in [-0.1, -0.05) is 22.0 Å². The molecule has 0 fully saturated rings. The molecule has 0 aliphatic heterocycles. The lowest BCUT2D eigenvalue weighted by Crippen LogP contribution is -2.31. The van der Waals surface area contributed by atoms with Crippen molar-refractivity contribution in [1.29, 1.82) is 0 Å². The van der Waals surface area contributed by atoms with E-state index >= 15 is 0 Å². The molecule has 100 valence electrons. The maximum absolute atomic E-state index is 11.9. The van der Waals surface area contributed by atoms with Crippen LogP contribution in [0.3, 0.4) is 0 Å². The van der Waals surface area contributed by atoms with Crippen molar-refractivity contribution < 1.29 is 14.3 Å². The van der Waals surface area contributed by atoms with Crippen LogP contribution in [0.15, 0.2) is 22.7 Å². The number of rotatable bonds is 3. The highest BCUT2D eigenvalue weighted by molar-refractivity contribution is 9.10. The van der Waals surface area contributed by atoms with Gasteiger partial charge in [0.25, 0.3) is 0 Å². The summed E-state index contributed by atoms with van der Waals surface area (Å²) < 4.78 is 11.3. The third kappa shape index (κ3) is 3.99. The van der Waals surface area contributed by atoms with Crippen molar-refractivity contribution in [3.8, 4) is 5.75 Å². The van der Waals surface area contributed by atoms with Crippen molar-refractivity contribution >= 4 is 21.9 Å². The van der Waals surface area contributed by atoms with Gasteiger partial charge in [0.1, 0.15) is 17.4 Å². The van der Waals surface area contributed by atoms with Gasteiger partial charge in [0.2, 0.25) is 0 Å². The Balaban J connectivity index is 2.96. The van der Waals surface area contributed by atoms with Crippen molar-refractivity contribution in [3.63, 3.8) is 0 Å². The van der Waals surface area contributed by atoms with E-state index < -0.39 is 17.6 Å². The first kappa shape index (κ1) is 15.0. The number of methoxy groups -OCH3 is 1. The Bertz CT molecular complexity index is 440. The number of benzene rings is 1. The number of halogens is 1. The third-order valence-corrected chi connectivity index (χ3v) is 2.68. The molecule has 0 aromatic heterocycles. The molecule has 1 atom stereocenters. The molecular weight excluding hydrogens is 298 g/mol. The Morgan fingerprint density at radius 3 is 2.50 bits per heavy atom. The van der Waals surface area contributed by atoms with Crippen LogP contribution in [0.4, 0.5) is 0 Å². The fourth-order valence-electron chi connectivity index (χ4n) is 1.43. The minimum Gasteiger partial charge on any atom is -0.496 e. The molecule has 0 bridgehead atoms. The summed E-state index contributed by atoms with van der Waals surface area (Å²) in [4.78, 5) is 11.9. The van der Waals surface area contributed by atoms with E-state index in [-0.39, 0.29) is 0 Å². The van der Waals surface area contributed by atoms with Gasteiger partial charge in [0.05, 0.1) is 7.11 Å². The number of carbonyl (C=O) groups is 1. The quantitative estimate of drug-likeness (QED) is 0.871. The van der Waals surface area contributed by atoms with Crippen LogP contribution < -0.4 is 10.5 Å². The average Bonchev–Trinajstić information content (AvgIpc) is 2.25. The molecule has 18 heavy (non-hydrogen) atoms. The fraction of sp³-hybridized carbons (Fsp3) is 0.462. The van der Waals surface area contributed by atoms with E-state index in [4.69, 9.17) is 15.2 Å². The van der Waals surface area contributed by atoms with E-state index in [1.165, 1.54) is 7.11 Å². The summed E-state index contributed by atoms with van der Waals surface area (Å²) in [6, 6.07) is 4.46. The lowest BCUT2D eigenvalue weighted by molar-refractivity contribution is -0.156. The van der Waals surface area contributed by atoms with Gasteiger partial charge in [-0.25, -0.2) is 4.79 Å². The molecule has 0 saturated carbocycles. The standard InChI is InChI=1S/C13H18BrNO3/c1-13(2,3)18-12(16)11(15)9-6-5-8(14)7-10(9)17-4/h5-7,11H,15H2,1-4H3. The van der Waals surface area contributed by atoms with Gasteiger partial charge in [-0.05, 0) is 32.9 Å². The van der Waals surface area contributed by atoms with Crippen LogP contribution in [-0.2, 0) is 9.53 Å². The molecule has 2 N–H and O–H groups in total. The third-order valence-electron chi connectivity index (χ3n) is 2.19. The van der Waals surface area contributed by atoms with Crippen LogP contribution in [0.5, 0.6) is 5.75 Å². The first-order valence-corrected chi connectivity index (χ1v) is 6.36. The number of ether oxygens (including phenoxy) is 2. The summed E-state index contributed by atoms with van der Waals surface area (Å²) in [5.74, 6) is 0.0888. The van der Waals surface area contributed by atoms with Gasteiger partial charge in [-0.3, -0.25) is 0 Å². The van der Waals surface area contributed by atoms with Crippen LogP contribution in [0.1, 0.15) is 32.4 Å². The van der Waals surface area contributed by atoms with Crippen LogP contribution in [0, 0.1) is 0 Å². The largest absolute Gasteiger partial charge is 0.496 e. The predicted molar refractivity (Wildman–Crippen MR) is 73.5 cm³/mol. The molecule has 4 nitrogen and oxygen atoms in total. The summed E-state index contributed by atoms with van der Waals surface area (Å²) >= 11 is 3.34. The molecular formula is C13H18BrNO3. The van der Waals surface area contributed by atoms with E-state index in [0.717, 1.165) is 4.47 Å². The van der Waals surface area contributed by atoms with E-state index in [2.05, 4.69) is 15.9 Å². The number of hydrogen-bond donors (Lipinski definition) is 1. The van der Waals surface area contributed by atoms with Gasteiger partial charge in [0.15, 0.2) is 0 Å². The van der Waals surface area contributed by atoms with Gasteiger partial charge >= 0.3 is 5.97 Å². The lowest BCUT2D eigenvalue weighted by atomic mass is 10.1. The first-order valence-electron chi connectivity index (χ1n) is 5.56. The van der Waals surface area contributed by atoms with E-state index in [0.29, 0.717) is 11.3 Å². The Kier molecular flexibility index (Phi) is 4.76. The summed E-state index contributed by atoms with van der Waals surface area (Å²) in [6.45, 7) is 5.41. The number of esters is 1. The molecule has 0 spiro atoms. The predicted octanol–water partition coefficient (Wildman–Crippen LogP) is 2.80. The maximum atomic E-state index is 11.9. The normalized spacial score (nSPS) is 13.0. The molecule has 0 amide bonds. The Morgan fingerprint density at radius 1 is 1.39 bits per heavy atom. The van der Waals surface area contributed by atoms with Crippen molar-refractivity contribution in [1.82, 2.24) is 0 Å². The van der Waals surface area contributed by atoms with Crippen molar-refractivity contribution in [2.24, 2.45) is 5.73 Å². The van der Waals surface area contributed by atoms with Crippen LogP contribution >= 0.6 is 15.9 Å². The Labute approximate surface area is 116 Å². The minimum absolute atomic E-state index is 0.469. The molecule has 1 unspecified atom stereocenters. The SMILES string of the molecule is COc1cc(Br)ccc1C(N)C(=O)OC(C)(C)C. The van der Waals surface area contributed by atoms with Gasteiger partial charge in [-0.15, -0.1) is 0 Å². The van der Waals surface area contributed by atoms with E-state index in [1.54, 1.807) is 32.9 Å². The molecule has 0 saturated heterocycles. The molecule has 1 rings (SSSR count). The zero-order chi connectivity index (χ0) is 13.9. The summed E-state index contributed by atoms with van der Waals surface area (Å²) in [5, 5.41) is 0. The number of carbonyl (C=O) groups excluding carboxylic acids is 1. The molecule has 1 aromatic carbocycles. The monoisotopic (exact) mass is 315 g/mol. The molecule has 5 heteroatoms. The molecule has 0 heterocycles. The van der Waals surface area contributed by atoms with Crippen LogP contribution in [0.25, 0.3) is 0 Å². The lowest BCUT2D eigenvalue weighted by Gasteiger charge is -2.23. The Hall–Kier alpha value is -1.07. The Morgan fingerprint density at radius 2 is 2.00 bits per heavy atom. The van der Waals surface area contributed by atoms with E-state index in [9.17, 15) is 4.79 Å². The number of nitrogens with two attached hydrogens (primary N) is 1. The van der Waals surface area contributed by atoms with Crippen molar-refractivity contribution in [3.05, 3.63) is 28.2 Å². The highest BCUT2D eigenvalue weighted by Crippen LogP contribution is 2.28. The zero-order valence-corrected chi connectivity index (χ0v) is 12.6. The first-order chi connectivity index (χ1) is 8.24. The minimum atomic E-state index is -0.854. The van der Waals surface area contributed by atoms with Crippen molar-refractivity contribution in [2.75, 3.05) is 7.11 Å². The van der Waals surface area contributed by atoms with Crippen LogP contribution in [-0.4, -0.2) is 18.7 Å². The van der Waals surface area contributed by atoms with Gasteiger partial charge < -0.3 is 15.2 Å². The maximum Gasteiger partial charge on any atom is 0.328 e. The smallest absolute Gasteiger partial charge is 0.328 e. The second-order valence-electron chi connectivity index (χ2n) is 4.90. The second kappa shape index (κ2) is 5.71. The van der Waals surface area contributed by atoms with Crippen molar-refractivity contribution in [2.45, 2.75) is 32.4 Å². The van der Waals surface area contributed by atoms with Gasteiger partial charge in [-0.2, -0.15) is 0 Å². The summed E-state index contributed by atoms with van der Waals surface area (Å²) in [6.07, 6.45) is 0.